The number of carbonyl (C=O) groups excluding carboxylic acids is 1. The minimum absolute atomic E-state index is 0.107. The van der Waals surface area contributed by atoms with Gasteiger partial charge < -0.3 is 14.6 Å². The van der Waals surface area contributed by atoms with Gasteiger partial charge in [-0.15, -0.1) is 0 Å². The van der Waals surface area contributed by atoms with Crippen molar-refractivity contribution in [2.24, 2.45) is 0 Å². The molecule has 13 heavy (non-hydrogen) atoms. The molecule has 0 aromatic heterocycles. The van der Waals surface area contributed by atoms with E-state index in [0.717, 1.165) is 0 Å². The highest BCUT2D eigenvalue weighted by Gasteiger charge is 2.22. The summed E-state index contributed by atoms with van der Waals surface area (Å²) in [6.45, 7) is 0.107. The molecule has 0 saturated heterocycles. The number of aldehydes is 1. The molecule has 5 heteroatoms. The number of halogens is 1. The molecule has 0 unspecified atom stereocenters. The largest absolute Gasteiger partial charge is 0.506 e. The lowest BCUT2D eigenvalue weighted by molar-refractivity contribution is 0.112. The molecule has 0 atom stereocenters. The van der Waals surface area contributed by atoms with Crippen molar-refractivity contribution in [3.63, 3.8) is 0 Å². The zero-order chi connectivity index (χ0) is 9.42. The molecule has 1 aliphatic heterocycles. The van der Waals surface area contributed by atoms with E-state index in [1.165, 1.54) is 6.07 Å². The van der Waals surface area contributed by atoms with Crippen LogP contribution in [0.25, 0.3) is 0 Å². The first kappa shape index (κ1) is 8.37. The van der Waals surface area contributed by atoms with Crippen LogP contribution in [-0.2, 0) is 0 Å². The summed E-state index contributed by atoms with van der Waals surface area (Å²) in [6, 6.07) is 1.44. The Balaban J connectivity index is 2.68. The topological polar surface area (TPSA) is 55.8 Å². The van der Waals surface area contributed by atoms with Crippen LogP contribution in [0.3, 0.4) is 0 Å². The first-order valence-electron chi connectivity index (χ1n) is 3.50. The third-order valence-corrected chi connectivity index (χ3v) is 2.47. The number of carbonyl (C=O) groups is 1. The fraction of sp³-hybridized carbons (Fsp3) is 0.125. The van der Waals surface area contributed by atoms with Gasteiger partial charge in [-0.05, 0) is 22.0 Å². The Morgan fingerprint density at radius 1 is 1.54 bits per heavy atom. The summed E-state index contributed by atoms with van der Waals surface area (Å²) in [5.74, 6) is 0.772. The number of hydrogen-bond acceptors (Lipinski definition) is 4. The average molecular weight is 245 g/mol. The molecule has 0 aliphatic carbocycles. The molecule has 1 aromatic rings. The van der Waals surface area contributed by atoms with Gasteiger partial charge in [-0.1, -0.05) is 0 Å². The predicted octanol–water partition coefficient (Wildman–Crippen LogP) is 1.70. The number of fused-ring (bicyclic) bond motifs is 1. The number of benzene rings is 1. The fourth-order valence-corrected chi connectivity index (χ4v) is 1.64. The minimum atomic E-state index is -0.126. The molecule has 0 bridgehead atoms. The normalized spacial score (nSPS) is 13.0. The van der Waals surface area contributed by atoms with E-state index in [1.54, 1.807) is 0 Å². The van der Waals surface area contributed by atoms with Crippen molar-refractivity contribution in [1.29, 1.82) is 0 Å². The van der Waals surface area contributed by atoms with E-state index in [2.05, 4.69) is 15.9 Å². The lowest BCUT2D eigenvalue weighted by atomic mass is 10.2. The van der Waals surface area contributed by atoms with Crippen molar-refractivity contribution >= 4 is 22.2 Å². The van der Waals surface area contributed by atoms with Gasteiger partial charge in [-0.2, -0.15) is 0 Å². The maximum absolute atomic E-state index is 10.5. The number of ether oxygens (including phenoxy) is 2. The van der Waals surface area contributed by atoms with E-state index in [9.17, 15) is 9.90 Å². The zero-order valence-electron chi connectivity index (χ0n) is 6.41. The van der Waals surface area contributed by atoms with Gasteiger partial charge in [0.1, 0.15) is 10.2 Å². The summed E-state index contributed by atoms with van der Waals surface area (Å²) in [4.78, 5) is 10.5. The van der Waals surface area contributed by atoms with Crippen molar-refractivity contribution < 1.29 is 19.4 Å². The van der Waals surface area contributed by atoms with Crippen LogP contribution < -0.4 is 9.47 Å². The van der Waals surface area contributed by atoms with Crippen LogP contribution in [0.5, 0.6) is 17.2 Å². The van der Waals surface area contributed by atoms with Crippen molar-refractivity contribution in [3.8, 4) is 17.2 Å². The SMILES string of the molecule is O=Cc1cc2c(c(Br)c1O)OCO2. The number of hydrogen-bond donors (Lipinski definition) is 1. The smallest absolute Gasteiger partial charge is 0.231 e. The van der Waals surface area contributed by atoms with Crippen LogP contribution in [0.2, 0.25) is 0 Å². The Labute approximate surface area is 82.2 Å². The van der Waals surface area contributed by atoms with Gasteiger partial charge in [-0.25, -0.2) is 0 Å². The standard InChI is InChI=1S/C8H5BrO4/c9-6-7(11)4(2-10)1-5-8(6)13-3-12-5/h1-2,11H,3H2. The third-order valence-electron chi connectivity index (χ3n) is 1.74. The molecule has 1 aliphatic rings. The number of aromatic hydroxyl groups is 1. The summed E-state index contributed by atoms with van der Waals surface area (Å²) in [5.41, 5.74) is 0.177. The quantitative estimate of drug-likeness (QED) is 0.765. The van der Waals surface area contributed by atoms with Crippen molar-refractivity contribution in [2.75, 3.05) is 6.79 Å². The zero-order valence-corrected chi connectivity index (χ0v) is 8.00. The second kappa shape index (κ2) is 2.92. The Hall–Kier alpha value is -1.23. The van der Waals surface area contributed by atoms with Crippen molar-refractivity contribution in [3.05, 3.63) is 16.1 Å². The highest BCUT2D eigenvalue weighted by atomic mass is 79.9. The second-order valence-corrected chi connectivity index (χ2v) is 3.27. The summed E-state index contributed by atoms with van der Waals surface area (Å²) in [5, 5.41) is 9.45. The fourth-order valence-electron chi connectivity index (χ4n) is 1.10. The molecule has 1 heterocycles. The maximum atomic E-state index is 10.5. The molecule has 68 valence electrons. The van der Waals surface area contributed by atoms with E-state index in [4.69, 9.17) is 9.47 Å². The van der Waals surface area contributed by atoms with Gasteiger partial charge in [0.15, 0.2) is 17.8 Å². The predicted molar refractivity (Wildman–Crippen MR) is 47.3 cm³/mol. The number of phenols is 1. The van der Waals surface area contributed by atoms with Crippen LogP contribution in [-0.4, -0.2) is 18.2 Å². The summed E-state index contributed by atoms with van der Waals surface area (Å²) in [6.07, 6.45) is 0.558. The van der Waals surface area contributed by atoms with E-state index in [-0.39, 0.29) is 18.1 Å². The minimum Gasteiger partial charge on any atom is -0.506 e. The van der Waals surface area contributed by atoms with E-state index in [1.807, 2.05) is 0 Å². The molecule has 4 nitrogen and oxygen atoms in total. The van der Waals surface area contributed by atoms with Crippen LogP contribution in [0, 0.1) is 0 Å². The van der Waals surface area contributed by atoms with Crippen LogP contribution >= 0.6 is 15.9 Å². The van der Waals surface area contributed by atoms with Gasteiger partial charge in [0.2, 0.25) is 6.79 Å². The van der Waals surface area contributed by atoms with Gasteiger partial charge in [0.25, 0.3) is 0 Å². The molecule has 0 radical (unpaired) electrons. The Morgan fingerprint density at radius 2 is 2.31 bits per heavy atom. The monoisotopic (exact) mass is 244 g/mol. The Morgan fingerprint density at radius 3 is 3.00 bits per heavy atom. The van der Waals surface area contributed by atoms with Gasteiger partial charge in [0.05, 0.1) is 5.56 Å². The van der Waals surface area contributed by atoms with Crippen LogP contribution in [0.1, 0.15) is 10.4 Å². The molecule has 0 fully saturated rings. The van der Waals surface area contributed by atoms with Crippen LogP contribution in [0.4, 0.5) is 0 Å². The van der Waals surface area contributed by atoms with E-state index >= 15 is 0 Å². The number of phenolic OH excluding ortho intramolecular Hbond substituents is 1. The number of rotatable bonds is 1. The van der Waals surface area contributed by atoms with Crippen LogP contribution in [0.15, 0.2) is 10.5 Å². The average Bonchev–Trinajstić information content (AvgIpc) is 2.59. The first-order chi connectivity index (χ1) is 6.24. The highest BCUT2D eigenvalue weighted by molar-refractivity contribution is 9.10. The molecule has 0 amide bonds. The summed E-state index contributed by atoms with van der Waals surface area (Å²) in [7, 11) is 0. The Kier molecular flexibility index (Phi) is 1.88. The Bertz CT molecular complexity index is 375. The molecule has 2 rings (SSSR count). The molecule has 0 saturated carbocycles. The third kappa shape index (κ3) is 1.16. The molecular weight excluding hydrogens is 240 g/mol. The lowest BCUT2D eigenvalue weighted by Crippen LogP contribution is -1.93. The summed E-state index contributed by atoms with van der Waals surface area (Å²) < 4.78 is 10.5. The first-order valence-corrected chi connectivity index (χ1v) is 4.29. The molecule has 0 spiro atoms. The van der Waals surface area contributed by atoms with Crippen molar-refractivity contribution in [2.45, 2.75) is 0 Å². The molecular formula is C8H5BrO4. The van der Waals surface area contributed by atoms with E-state index in [0.29, 0.717) is 22.3 Å². The highest BCUT2D eigenvalue weighted by Crippen LogP contribution is 2.45. The maximum Gasteiger partial charge on any atom is 0.231 e. The molecule has 1 aromatic carbocycles. The van der Waals surface area contributed by atoms with Gasteiger partial charge in [0, 0.05) is 0 Å². The van der Waals surface area contributed by atoms with Gasteiger partial charge in [-0.3, -0.25) is 4.79 Å². The lowest BCUT2D eigenvalue weighted by Gasteiger charge is -2.03. The van der Waals surface area contributed by atoms with Gasteiger partial charge >= 0.3 is 0 Å². The second-order valence-electron chi connectivity index (χ2n) is 2.48. The molecule has 1 N–H and O–H groups in total. The van der Waals surface area contributed by atoms with E-state index < -0.39 is 0 Å². The van der Waals surface area contributed by atoms with Crippen molar-refractivity contribution in [1.82, 2.24) is 0 Å². The summed E-state index contributed by atoms with van der Waals surface area (Å²) >= 11 is 3.11.